The highest BCUT2D eigenvalue weighted by molar-refractivity contribution is 5.89. The monoisotopic (exact) mass is 436 g/mol. The van der Waals surface area contributed by atoms with Crippen LogP contribution in [0.5, 0.6) is 0 Å². The number of carbonyl (C=O) groups excluding carboxylic acids is 1. The largest absolute Gasteiger partial charge is 0.444 e. The quantitative estimate of drug-likeness (QED) is 0.782. The summed E-state index contributed by atoms with van der Waals surface area (Å²) in [7, 11) is 0. The smallest absolute Gasteiger partial charge is 0.410 e. The maximum atomic E-state index is 12.3. The highest BCUT2D eigenvalue weighted by atomic mass is 16.6. The summed E-state index contributed by atoms with van der Waals surface area (Å²) in [6.45, 7) is 8.95. The molecular formula is C24H32N6O2. The number of benzene rings is 1. The van der Waals surface area contributed by atoms with Crippen molar-refractivity contribution in [3.8, 4) is 6.07 Å². The van der Waals surface area contributed by atoms with Gasteiger partial charge in [-0.25, -0.2) is 14.8 Å². The van der Waals surface area contributed by atoms with E-state index in [1.807, 2.05) is 37.8 Å². The predicted molar refractivity (Wildman–Crippen MR) is 123 cm³/mol. The molecular weight excluding hydrogens is 404 g/mol. The van der Waals surface area contributed by atoms with Crippen LogP contribution in [0, 0.1) is 11.3 Å². The molecule has 0 atom stereocenters. The van der Waals surface area contributed by atoms with Gasteiger partial charge in [-0.2, -0.15) is 5.26 Å². The molecule has 2 heterocycles. The van der Waals surface area contributed by atoms with Gasteiger partial charge in [0.1, 0.15) is 17.7 Å². The molecule has 1 N–H and O–H groups in total. The van der Waals surface area contributed by atoms with Crippen molar-refractivity contribution >= 4 is 22.8 Å². The van der Waals surface area contributed by atoms with Crippen LogP contribution in [0.1, 0.15) is 52.0 Å². The van der Waals surface area contributed by atoms with Gasteiger partial charge in [0, 0.05) is 43.6 Å². The first-order valence-electron chi connectivity index (χ1n) is 11.5. The van der Waals surface area contributed by atoms with Crippen LogP contribution in [0.2, 0.25) is 0 Å². The Balaban J connectivity index is 1.29. The van der Waals surface area contributed by atoms with E-state index in [9.17, 15) is 10.1 Å². The third-order valence-electron chi connectivity index (χ3n) is 6.28. The second-order valence-electron chi connectivity index (χ2n) is 9.72. The second kappa shape index (κ2) is 9.29. The zero-order valence-electron chi connectivity index (χ0n) is 19.2. The predicted octanol–water partition coefficient (Wildman–Crippen LogP) is 3.78. The standard InChI is InChI=1S/C24H32N6O2/c1-24(2,3)32-23(31)30-12-10-29(11-13-30)19-7-5-18(6-8-19)28-22-20-14-17(15-25)4-9-21(20)26-16-27-22/h4,9,14,16,18-19H,5-8,10-13H2,1-3H3,(H,26,27,28)/t18-,19-. The lowest BCUT2D eigenvalue weighted by atomic mass is 9.89. The van der Waals surface area contributed by atoms with E-state index < -0.39 is 5.60 Å². The van der Waals surface area contributed by atoms with Gasteiger partial charge in [-0.15, -0.1) is 0 Å². The normalized spacial score (nSPS) is 22.4. The Hall–Kier alpha value is -2.92. The Labute approximate surface area is 189 Å². The molecule has 1 aliphatic heterocycles. The SMILES string of the molecule is CC(C)(C)OC(=O)N1CCN([C@H]2CC[C@H](Nc3ncnc4ccc(C#N)cc34)CC2)CC1. The fraction of sp³-hybridized carbons (Fsp3) is 0.583. The third kappa shape index (κ3) is 5.28. The summed E-state index contributed by atoms with van der Waals surface area (Å²) in [5.41, 5.74) is 1.01. The number of amides is 1. The van der Waals surface area contributed by atoms with E-state index in [-0.39, 0.29) is 6.09 Å². The highest BCUT2D eigenvalue weighted by Gasteiger charge is 2.31. The zero-order valence-corrected chi connectivity index (χ0v) is 19.2. The lowest BCUT2D eigenvalue weighted by Gasteiger charge is -2.42. The lowest BCUT2D eigenvalue weighted by molar-refractivity contribution is 0.00806. The van der Waals surface area contributed by atoms with Crippen molar-refractivity contribution < 1.29 is 9.53 Å². The zero-order chi connectivity index (χ0) is 22.7. The molecule has 0 spiro atoms. The van der Waals surface area contributed by atoms with Gasteiger partial charge >= 0.3 is 6.09 Å². The molecule has 8 heteroatoms. The fourth-order valence-electron chi connectivity index (χ4n) is 4.62. The van der Waals surface area contributed by atoms with Crippen LogP contribution < -0.4 is 5.32 Å². The lowest BCUT2D eigenvalue weighted by Crippen LogP contribution is -2.53. The molecule has 8 nitrogen and oxygen atoms in total. The molecule has 4 rings (SSSR count). The molecule has 0 bridgehead atoms. The number of hydrogen-bond acceptors (Lipinski definition) is 7. The highest BCUT2D eigenvalue weighted by Crippen LogP contribution is 2.28. The summed E-state index contributed by atoms with van der Waals surface area (Å²) < 4.78 is 5.51. The van der Waals surface area contributed by atoms with Crippen molar-refractivity contribution in [3.05, 3.63) is 30.1 Å². The molecule has 1 aromatic heterocycles. The summed E-state index contributed by atoms with van der Waals surface area (Å²) in [5.74, 6) is 0.807. The van der Waals surface area contributed by atoms with Gasteiger partial charge in [0.2, 0.25) is 0 Å². The maximum absolute atomic E-state index is 12.3. The molecule has 170 valence electrons. The van der Waals surface area contributed by atoms with Crippen LogP contribution in [0.15, 0.2) is 24.5 Å². The summed E-state index contributed by atoms with van der Waals surface area (Å²) >= 11 is 0. The van der Waals surface area contributed by atoms with Crippen molar-refractivity contribution in [2.24, 2.45) is 0 Å². The van der Waals surface area contributed by atoms with Gasteiger partial charge < -0.3 is 15.0 Å². The Bertz CT molecular complexity index is 996. The summed E-state index contributed by atoms with van der Waals surface area (Å²) in [6, 6.07) is 8.62. The van der Waals surface area contributed by atoms with E-state index >= 15 is 0 Å². The van der Waals surface area contributed by atoms with Crippen molar-refractivity contribution in [2.45, 2.75) is 64.1 Å². The molecule has 1 aliphatic carbocycles. The van der Waals surface area contributed by atoms with E-state index in [4.69, 9.17) is 4.74 Å². The van der Waals surface area contributed by atoms with Gasteiger partial charge in [-0.1, -0.05) is 0 Å². The number of nitriles is 1. The van der Waals surface area contributed by atoms with Crippen LogP contribution in [-0.4, -0.2) is 69.7 Å². The molecule has 1 saturated heterocycles. The van der Waals surface area contributed by atoms with Crippen LogP contribution in [0.3, 0.4) is 0 Å². The number of carbonyl (C=O) groups is 1. The summed E-state index contributed by atoms with van der Waals surface area (Å²) in [4.78, 5) is 25.4. The molecule has 1 saturated carbocycles. The maximum Gasteiger partial charge on any atom is 0.410 e. The van der Waals surface area contributed by atoms with E-state index in [1.54, 1.807) is 12.4 Å². The Morgan fingerprint density at radius 3 is 2.50 bits per heavy atom. The van der Waals surface area contributed by atoms with Crippen molar-refractivity contribution in [3.63, 3.8) is 0 Å². The molecule has 1 amide bonds. The fourth-order valence-corrected chi connectivity index (χ4v) is 4.62. The average molecular weight is 437 g/mol. The van der Waals surface area contributed by atoms with E-state index in [0.717, 1.165) is 68.6 Å². The minimum atomic E-state index is -0.454. The topological polar surface area (TPSA) is 94.4 Å². The number of ether oxygens (including phenoxy) is 1. The van der Waals surface area contributed by atoms with Gasteiger partial charge in [-0.05, 0) is 64.7 Å². The molecule has 0 unspecified atom stereocenters. The minimum absolute atomic E-state index is 0.207. The molecule has 2 fully saturated rings. The molecule has 32 heavy (non-hydrogen) atoms. The number of hydrogen-bond donors (Lipinski definition) is 1. The number of anilines is 1. The van der Waals surface area contributed by atoms with Crippen LogP contribution in [-0.2, 0) is 4.74 Å². The van der Waals surface area contributed by atoms with Gasteiger partial charge in [0.25, 0.3) is 0 Å². The average Bonchev–Trinajstić information content (AvgIpc) is 2.78. The Kier molecular flexibility index (Phi) is 6.47. The number of rotatable bonds is 3. The van der Waals surface area contributed by atoms with Crippen molar-refractivity contribution in [1.29, 1.82) is 5.26 Å². The number of piperazine rings is 1. The number of fused-ring (bicyclic) bond motifs is 1. The number of nitrogens with zero attached hydrogens (tertiary/aromatic N) is 5. The van der Waals surface area contributed by atoms with Crippen molar-refractivity contribution in [2.75, 3.05) is 31.5 Å². The number of aromatic nitrogens is 2. The third-order valence-corrected chi connectivity index (χ3v) is 6.28. The molecule has 2 aliphatic rings. The van der Waals surface area contributed by atoms with E-state index in [1.165, 1.54) is 0 Å². The van der Waals surface area contributed by atoms with E-state index in [2.05, 4.69) is 26.3 Å². The van der Waals surface area contributed by atoms with Gasteiger partial charge in [-0.3, -0.25) is 4.90 Å². The first-order valence-corrected chi connectivity index (χ1v) is 11.5. The molecule has 0 radical (unpaired) electrons. The van der Waals surface area contributed by atoms with Crippen LogP contribution >= 0.6 is 0 Å². The summed E-state index contributed by atoms with van der Waals surface area (Å²) in [6.07, 6.45) is 5.75. The minimum Gasteiger partial charge on any atom is -0.444 e. The Morgan fingerprint density at radius 1 is 1.12 bits per heavy atom. The van der Waals surface area contributed by atoms with Gasteiger partial charge in [0.15, 0.2) is 0 Å². The van der Waals surface area contributed by atoms with Crippen LogP contribution in [0.4, 0.5) is 10.6 Å². The summed E-state index contributed by atoms with van der Waals surface area (Å²) in [5, 5.41) is 13.7. The first-order chi connectivity index (χ1) is 15.3. The second-order valence-corrected chi connectivity index (χ2v) is 9.72. The van der Waals surface area contributed by atoms with E-state index in [0.29, 0.717) is 17.6 Å². The number of nitrogens with one attached hydrogen (secondary N) is 1. The first kappa shape index (κ1) is 22.3. The molecule has 1 aromatic carbocycles. The van der Waals surface area contributed by atoms with Crippen molar-refractivity contribution in [1.82, 2.24) is 19.8 Å². The Morgan fingerprint density at radius 2 is 1.84 bits per heavy atom. The van der Waals surface area contributed by atoms with Crippen LogP contribution in [0.25, 0.3) is 10.9 Å². The molecule has 2 aromatic rings. The van der Waals surface area contributed by atoms with Gasteiger partial charge in [0.05, 0.1) is 17.1 Å².